The van der Waals surface area contributed by atoms with Gasteiger partial charge in [0.15, 0.2) is 6.10 Å². The van der Waals surface area contributed by atoms with Crippen LogP contribution in [0.2, 0.25) is 0 Å². The van der Waals surface area contributed by atoms with Gasteiger partial charge in [0.25, 0.3) is 0 Å². The minimum Gasteiger partial charge on any atom is -0.463 e. The lowest BCUT2D eigenvalue weighted by Gasteiger charge is -2.42. The van der Waals surface area contributed by atoms with Crippen LogP contribution in [-0.4, -0.2) is 61.1 Å². The number of esters is 4. The molecule has 144 valence electrons. The van der Waals surface area contributed by atoms with Crippen LogP contribution in [0.1, 0.15) is 27.7 Å². The van der Waals surface area contributed by atoms with Crippen LogP contribution in [0, 0.1) is 0 Å². The van der Waals surface area contributed by atoms with E-state index in [1.165, 1.54) is 0 Å². The molecule has 0 saturated carbocycles. The van der Waals surface area contributed by atoms with Gasteiger partial charge in [0, 0.05) is 32.6 Å². The molecule has 5 atom stereocenters. The van der Waals surface area contributed by atoms with Crippen LogP contribution in [0.25, 0.3) is 10.4 Å². The number of azide groups is 1. The minimum atomic E-state index is -1.46. The number of hydrogen-bond acceptors (Lipinski definition) is 10. The topological polar surface area (TPSA) is 163 Å². The van der Waals surface area contributed by atoms with Crippen LogP contribution in [-0.2, 0) is 42.9 Å². The molecule has 0 radical (unpaired) electrons. The quantitative estimate of drug-likeness (QED) is 0.210. The molecule has 0 aromatic carbocycles. The number of rotatable bonds is 6. The van der Waals surface area contributed by atoms with E-state index < -0.39 is 54.5 Å². The molecular weight excluding hydrogens is 354 g/mol. The fourth-order valence-corrected chi connectivity index (χ4v) is 2.33. The Labute approximate surface area is 148 Å². The van der Waals surface area contributed by atoms with Gasteiger partial charge in [-0.1, -0.05) is 5.11 Å². The zero-order valence-corrected chi connectivity index (χ0v) is 14.6. The van der Waals surface area contributed by atoms with Crippen molar-refractivity contribution in [3.63, 3.8) is 0 Å². The fraction of sp³-hybridized carbons (Fsp3) is 0.714. The van der Waals surface area contributed by atoms with Crippen molar-refractivity contribution in [3.05, 3.63) is 10.4 Å². The van der Waals surface area contributed by atoms with Crippen LogP contribution in [0.4, 0.5) is 0 Å². The van der Waals surface area contributed by atoms with Gasteiger partial charge in [0.05, 0.1) is 0 Å². The van der Waals surface area contributed by atoms with E-state index in [4.69, 9.17) is 29.2 Å². The predicted octanol–water partition coefficient (Wildman–Crippen LogP) is 0.380. The van der Waals surface area contributed by atoms with Crippen LogP contribution in [0.15, 0.2) is 5.11 Å². The first-order chi connectivity index (χ1) is 12.1. The van der Waals surface area contributed by atoms with Gasteiger partial charge in [-0.3, -0.25) is 19.2 Å². The molecule has 0 aliphatic carbocycles. The monoisotopic (exact) mass is 373 g/mol. The molecule has 0 aromatic heterocycles. The molecule has 0 aromatic rings. The van der Waals surface area contributed by atoms with E-state index in [2.05, 4.69) is 10.0 Å². The van der Waals surface area contributed by atoms with Gasteiger partial charge in [0.1, 0.15) is 24.9 Å². The van der Waals surface area contributed by atoms with E-state index in [1.54, 1.807) is 0 Å². The maximum atomic E-state index is 11.4. The van der Waals surface area contributed by atoms with Crippen molar-refractivity contribution in [1.82, 2.24) is 0 Å². The van der Waals surface area contributed by atoms with Crippen LogP contribution >= 0.6 is 0 Å². The van der Waals surface area contributed by atoms with E-state index >= 15 is 0 Å². The second kappa shape index (κ2) is 9.59. The van der Waals surface area contributed by atoms with Gasteiger partial charge in [-0.2, -0.15) is 0 Å². The summed E-state index contributed by atoms with van der Waals surface area (Å²) in [6.07, 6.45) is -5.21. The highest BCUT2D eigenvalue weighted by Gasteiger charge is 2.51. The van der Waals surface area contributed by atoms with Crippen molar-refractivity contribution in [2.24, 2.45) is 5.11 Å². The average molecular weight is 373 g/mol. The van der Waals surface area contributed by atoms with Crippen LogP contribution in [0.5, 0.6) is 0 Å². The second-order valence-corrected chi connectivity index (χ2v) is 5.30. The summed E-state index contributed by atoms with van der Waals surface area (Å²) in [6, 6.07) is -1.29. The summed E-state index contributed by atoms with van der Waals surface area (Å²) in [6.45, 7) is 4.06. The molecule has 0 bridgehead atoms. The van der Waals surface area contributed by atoms with E-state index in [0.29, 0.717) is 0 Å². The molecule has 0 spiro atoms. The molecule has 1 rings (SSSR count). The van der Waals surface area contributed by atoms with Gasteiger partial charge in [-0.15, -0.1) is 0 Å². The van der Waals surface area contributed by atoms with E-state index in [1.807, 2.05) is 0 Å². The Morgan fingerprint density at radius 3 is 1.92 bits per heavy atom. The van der Waals surface area contributed by atoms with Gasteiger partial charge in [0.2, 0.25) is 6.29 Å². The molecule has 26 heavy (non-hydrogen) atoms. The van der Waals surface area contributed by atoms with E-state index in [-0.39, 0.29) is 6.61 Å². The standard InChI is InChI=1S/C14H19N3O9/c1-6(18)22-5-10-12(23-7(2)19)11(16-17-15)13(24-8(3)20)14(26-10)25-9(4)21/h10-14H,5H2,1-4H3/t10?,11?,12-,13?,14-/m0/s1. The molecule has 1 heterocycles. The largest absolute Gasteiger partial charge is 0.463 e. The summed E-state index contributed by atoms with van der Waals surface area (Å²) >= 11 is 0. The molecule has 0 N–H and O–H groups in total. The fourth-order valence-electron chi connectivity index (χ4n) is 2.33. The van der Waals surface area contributed by atoms with Crippen molar-refractivity contribution in [1.29, 1.82) is 0 Å². The Balaban J connectivity index is 3.27. The maximum absolute atomic E-state index is 11.4. The lowest BCUT2D eigenvalue weighted by Crippen LogP contribution is -2.61. The Bertz CT molecular complexity index is 617. The normalized spacial score (nSPS) is 27.5. The molecule has 1 saturated heterocycles. The Kier molecular flexibility index (Phi) is 7.81. The summed E-state index contributed by atoms with van der Waals surface area (Å²) in [5.74, 6) is -2.91. The summed E-state index contributed by atoms with van der Waals surface area (Å²) in [5, 5.41) is 3.50. The third-order valence-corrected chi connectivity index (χ3v) is 3.14. The van der Waals surface area contributed by atoms with Crippen molar-refractivity contribution in [2.75, 3.05) is 6.61 Å². The highest BCUT2D eigenvalue weighted by Crippen LogP contribution is 2.29. The third kappa shape index (κ3) is 6.22. The third-order valence-electron chi connectivity index (χ3n) is 3.14. The second-order valence-electron chi connectivity index (χ2n) is 5.30. The summed E-state index contributed by atoms with van der Waals surface area (Å²) in [7, 11) is 0. The molecule has 1 fully saturated rings. The molecule has 1 aliphatic heterocycles. The first-order valence-electron chi connectivity index (χ1n) is 7.50. The van der Waals surface area contributed by atoms with Crippen LogP contribution in [0.3, 0.4) is 0 Å². The van der Waals surface area contributed by atoms with Gasteiger partial charge < -0.3 is 23.7 Å². The minimum absolute atomic E-state index is 0.380. The molecule has 3 unspecified atom stereocenters. The summed E-state index contributed by atoms with van der Waals surface area (Å²) in [5.41, 5.74) is 8.84. The SMILES string of the molecule is CC(=O)OCC1O[C@H](OC(C)=O)C(OC(C)=O)C(N=[N+]=[N-])[C@H]1OC(C)=O. The molecule has 12 heteroatoms. The molecule has 1 aliphatic rings. The van der Waals surface area contributed by atoms with Gasteiger partial charge in [-0.25, -0.2) is 0 Å². The smallest absolute Gasteiger partial charge is 0.305 e. The number of carbonyl (C=O) groups is 4. The highest BCUT2D eigenvalue weighted by molar-refractivity contribution is 5.68. The lowest BCUT2D eigenvalue weighted by atomic mass is 9.96. The van der Waals surface area contributed by atoms with Crippen LogP contribution < -0.4 is 0 Å². The zero-order valence-electron chi connectivity index (χ0n) is 14.6. The van der Waals surface area contributed by atoms with Gasteiger partial charge >= 0.3 is 23.9 Å². The molecular formula is C14H19N3O9. The number of nitrogens with zero attached hydrogens (tertiary/aromatic N) is 3. The summed E-state index contributed by atoms with van der Waals surface area (Å²) < 4.78 is 25.5. The molecule has 12 nitrogen and oxygen atoms in total. The predicted molar refractivity (Wildman–Crippen MR) is 81.1 cm³/mol. The Morgan fingerprint density at radius 2 is 1.46 bits per heavy atom. The van der Waals surface area contributed by atoms with Crippen molar-refractivity contribution in [3.8, 4) is 0 Å². The Morgan fingerprint density at radius 1 is 0.923 bits per heavy atom. The average Bonchev–Trinajstić information content (AvgIpc) is 2.50. The van der Waals surface area contributed by atoms with Crippen molar-refractivity contribution < 1.29 is 42.9 Å². The zero-order chi connectivity index (χ0) is 19.9. The van der Waals surface area contributed by atoms with Crippen molar-refractivity contribution >= 4 is 23.9 Å². The van der Waals surface area contributed by atoms with E-state index in [0.717, 1.165) is 27.7 Å². The molecule has 0 amide bonds. The summed E-state index contributed by atoms with van der Waals surface area (Å²) in [4.78, 5) is 47.9. The lowest BCUT2D eigenvalue weighted by molar-refractivity contribution is -0.275. The number of carbonyl (C=O) groups excluding carboxylic acids is 4. The maximum Gasteiger partial charge on any atom is 0.305 e. The highest BCUT2D eigenvalue weighted by atomic mass is 16.7. The number of ether oxygens (including phenoxy) is 5. The van der Waals surface area contributed by atoms with E-state index in [9.17, 15) is 19.2 Å². The van der Waals surface area contributed by atoms with Gasteiger partial charge in [-0.05, 0) is 5.53 Å². The number of hydrogen-bond donors (Lipinski definition) is 0. The first kappa shape index (κ1) is 21.2. The van der Waals surface area contributed by atoms with Crippen molar-refractivity contribution in [2.45, 2.75) is 58.3 Å². The first-order valence-corrected chi connectivity index (χ1v) is 7.50. The Hall–Kier alpha value is -2.85.